The quantitative estimate of drug-likeness (QED) is 0.930. The Balaban J connectivity index is 2.52. The summed E-state index contributed by atoms with van der Waals surface area (Å²) in [4.78, 5) is 8.93. The highest BCUT2D eigenvalue weighted by Gasteiger charge is 2.25. The van der Waals surface area contributed by atoms with Crippen molar-refractivity contribution in [2.75, 3.05) is 11.9 Å². The van der Waals surface area contributed by atoms with Gasteiger partial charge in [0.1, 0.15) is 5.69 Å². The van der Waals surface area contributed by atoms with E-state index in [2.05, 4.69) is 48.1 Å². The molecule has 0 amide bonds. The van der Waals surface area contributed by atoms with Gasteiger partial charge in [0.05, 0.1) is 5.69 Å². The Kier molecular flexibility index (Phi) is 4.06. The average molecular weight is 273 g/mol. The molecule has 2 aromatic rings. The fraction of sp³-hybridized carbons (Fsp3) is 0.533. The molecule has 0 radical (unpaired) electrons. The van der Waals surface area contributed by atoms with Gasteiger partial charge < -0.3 is 5.32 Å². The molecule has 20 heavy (non-hydrogen) atoms. The molecule has 1 N–H and O–H groups in total. The first-order chi connectivity index (χ1) is 9.43. The topological polar surface area (TPSA) is 55.6 Å². The van der Waals surface area contributed by atoms with E-state index in [4.69, 9.17) is 0 Å². The standard InChI is InChI=1S/C15H23N5/c1-6-7-17-14-12(16-8-9-18-14)11-10-20(5)19-13(11)15(2,3)4/h8-10H,6-7H2,1-5H3,(H,17,18). The van der Waals surface area contributed by atoms with Crippen LogP contribution in [-0.4, -0.2) is 26.3 Å². The molecular weight excluding hydrogens is 250 g/mol. The summed E-state index contributed by atoms with van der Waals surface area (Å²) in [6.45, 7) is 9.50. The second kappa shape index (κ2) is 5.61. The largest absolute Gasteiger partial charge is 0.368 e. The smallest absolute Gasteiger partial charge is 0.152 e. The van der Waals surface area contributed by atoms with Gasteiger partial charge in [0, 0.05) is 43.2 Å². The number of nitrogens with one attached hydrogen (secondary N) is 1. The molecule has 0 aliphatic carbocycles. The minimum Gasteiger partial charge on any atom is -0.368 e. The number of hydrogen-bond donors (Lipinski definition) is 1. The van der Waals surface area contributed by atoms with E-state index in [0.717, 1.165) is 35.7 Å². The van der Waals surface area contributed by atoms with Gasteiger partial charge in [-0.15, -0.1) is 0 Å². The molecule has 0 aliphatic rings. The van der Waals surface area contributed by atoms with Crippen molar-refractivity contribution in [1.82, 2.24) is 19.7 Å². The Morgan fingerprint density at radius 2 is 1.90 bits per heavy atom. The van der Waals surface area contributed by atoms with Gasteiger partial charge >= 0.3 is 0 Å². The van der Waals surface area contributed by atoms with Crippen molar-refractivity contribution in [1.29, 1.82) is 0 Å². The van der Waals surface area contributed by atoms with Gasteiger partial charge in [0.2, 0.25) is 0 Å². The van der Waals surface area contributed by atoms with Crippen molar-refractivity contribution in [3.05, 3.63) is 24.3 Å². The lowest BCUT2D eigenvalue weighted by atomic mass is 9.88. The first kappa shape index (κ1) is 14.5. The van der Waals surface area contributed by atoms with E-state index < -0.39 is 0 Å². The van der Waals surface area contributed by atoms with Crippen LogP contribution in [0.15, 0.2) is 18.6 Å². The Bertz CT molecular complexity index is 580. The van der Waals surface area contributed by atoms with E-state index >= 15 is 0 Å². The first-order valence-electron chi connectivity index (χ1n) is 7.03. The lowest BCUT2D eigenvalue weighted by Gasteiger charge is -2.18. The molecule has 108 valence electrons. The molecule has 0 bridgehead atoms. The lowest BCUT2D eigenvalue weighted by molar-refractivity contribution is 0.554. The van der Waals surface area contributed by atoms with Crippen molar-refractivity contribution < 1.29 is 0 Å². The van der Waals surface area contributed by atoms with E-state index in [1.54, 1.807) is 12.4 Å². The fourth-order valence-corrected chi connectivity index (χ4v) is 2.12. The van der Waals surface area contributed by atoms with Gasteiger partial charge in [0.15, 0.2) is 5.82 Å². The Morgan fingerprint density at radius 1 is 1.20 bits per heavy atom. The molecule has 0 atom stereocenters. The number of hydrogen-bond acceptors (Lipinski definition) is 4. The van der Waals surface area contributed by atoms with Gasteiger partial charge in [-0.25, -0.2) is 4.98 Å². The molecule has 0 spiro atoms. The predicted molar refractivity (Wildman–Crippen MR) is 81.7 cm³/mol. The molecule has 0 saturated heterocycles. The molecule has 0 aliphatic heterocycles. The SMILES string of the molecule is CCCNc1nccnc1-c1cn(C)nc1C(C)(C)C. The summed E-state index contributed by atoms with van der Waals surface area (Å²) in [6, 6.07) is 0. The van der Waals surface area contributed by atoms with E-state index in [9.17, 15) is 0 Å². The summed E-state index contributed by atoms with van der Waals surface area (Å²) in [7, 11) is 1.94. The second-order valence-corrected chi connectivity index (χ2v) is 6.00. The van der Waals surface area contributed by atoms with Crippen molar-refractivity contribution in [3.63, 3.8) is 0 Å². The maximum absolute atomic E-state index is 4.60. The summed E-state index contributed by atoms with van der Waals surface area (Å²) in [5.41, 5.74) is 2.93. The molecule has 5 heteroatoms. The van der Waals surface area contributed by atoms with Crippen LogP contribution in [0, 0.1) is 0 Å². The zero-order valence-electron chi connectivity index (χ0n) is 12.9. The maximum Gasteiger partial charge on any atom is 0.152 e. The van der Waals surface area contributed by atoms with Crippen molar-refractivity contribution >= 4 is 5.82 Å². The summed E-state index contributed by atoms with van der Waals surface area (Å²) in [6.07, 6.45) is 6.51. The molecule has 5 nitrogen and oxygen atoms in total. The summed E-state index contributed by atoms with van der Waals surface area (Å²) in [5.74, 6) is 0.827. The summed E-state index contributed by atoms with van der Waals surface area (Å²) < 4.78 is 1.84. The van der Waals surface area contributed by atoms with Crippen LogP contribution in [0.3, 0.4) is 0 Å². The number of aryl methyl sites for hydroxylation is 1. The van der Waals surface area contributed by atoms with Gasteiger partial charge in [-0.2, -0.15) is 5.10 Å². The van der Waals surface area contributed by atoms with Crippen molar-refractivity contribution in [2.24, 2.45) is 7.05 Å². The van der Waals surface area contributed by atoms with Gasteiger partial charge in [-0.1, -0.05) is 27.7 Å². The summed E-state index contributed by atoms with van der Waals surface area (Å²) in [5, 5.41) is 7.94. The number of aromatic nitrogens is 4. The molecule has 2 heterocycles. The molecular formula is C15H23N5. The predicted octanol–water partition coefficient (Wildman–Crippen LogP) is 3.00. The van der Waals surface area contributed by atoms with Gasteiger partial charge in [-0.05, 0) is 6.42 Å². The van der Waals surface area contributed by atoms with Crippen molar-refractivity contribution in [3.8, 4) is 11.3 Å². The second-order valence-electron chi connectivity index (χ2n) is 6.00. The first-order valence-corrected chi connectivity index (χ1v) is 7.03. The van der Waals surface area contributed by atoms with Crippen LogP contribution in [0.25, 0.3) is 11.3 Å². The van der Waals surface area contributed by atoms with Gasteiger partial charge in [-0.3, -0.25) is 9.67 Å². The van der Waals surface area contributed by atoms with Crippen LogP contribution in [0.2, 0.25) is 0 Å². The van der Waals surface area contributed by atoms with E-state index in [1.165, 1.54) is 0 Å². The average Bonchev–Trinajstić information content (AvgIpc) is 2.79. The fourth-order valence-electron chi connectivity index (χ4n) is 2.12. The third-order valence-corrected chi connectivity index (χ3v) is 3.04. The maximum atomic E-state index is 4.60. The molecule has 2 rings (SSSR count). The van der Waals surface area contributed by atoms with Gasteiger partial charge in [0.25, 0.3) is 0 Å². The minimum atomic E-state index is -0.0316. The highest BCUT2D eigenvalue weighted by Crippen LogP contribution is 2.33. The molecule has 0 aromatic carbocycles. The normalized spacial score (nSPS) is 11.7. The van der Waals surface area contributed by atoms with E-state index in [-0.39, 0.29) is 5.41 Å². The van der Waals surface area contributed by atoms with Crippen LogP contribution in [-0.2, 0) is 12.5 Å². The van der Waals surface area contributed by atoms with Crippen LogP contribution >= 0.6 is 0 Å². The van der Waals surface area contributed by atoms with Crippen LogP contribution in [0.1, 0.15) is 39.8 Å². The highest BCUT2D eigenvalue weighted by atomic mass is 15.3. The Labute approximate surface area is 120 Å². The molecule has 0 fully saturated rings. The molecule has 2 aromatic heterocycles. The third kappa shape index (κ3) is 2.98. The summed E-state index contributed by atoms with van der Waals surface area (Å²) >= 11 is 0. The third-order valence-electron chi connectivity index (χ3n) is 3.04. The number of nitrogens with zero attached hydrogens (tertiary/aromatic N) is 4. The van der Waals surface area contributed by atoms with Crippen LogP contribution in [0.4, 0.5) is 5.82 Å². The van der Waals surface area contributed by atoms with Crippen LogP contribution in [0.5, 0.6) is 0 Å². The lowest BCUT2D eigenvalue weighted by Crippen LogP contribution is -2.14. The minimum absolute atomic E-state index is 0.0316. The van der Waals surface area contributed by atoms with Crippen LogP contribution < -0.4 is 5.32 Å². The molecule has 0 saturated carbocycles. The molecule has 0 unspecified atom stereocenters. The number of anilines is 1. The Morgan fingerprint density at radius 3 is 2.55 bits per heavy atom. The highest BCUT2D eigenvalue weighted by molar-refractivity contribution is 5.73. The van der Waals surface area contributed by atoms with Crippen molar-refractivity contribution in [2.45, 2.75) is 39.5 Å². The monoisotopic (exact) mass is 273 g/mol. The zero-order chi connectivity index (χ0) is 14.8. The van der Waals surface area contributed by atoms with E-state index in [1.807, 2.05) is 17.9 Å². The Hall–Kier alpha value is -1.91. The van der Waals surface area contributed by atoms with E-state index in [0.29, 0.717) is 0 Å². The zero-order valence-corrected chi connectivity index (χ0v) is 12.9. The number of rotatable bonds is 4.